The Hall–Kier alpha value is -2.34. The summed E-state index contributed by atoms with van der Waals surface area (Å²) in [6.45, 7) is 5.84. The highest BCUT2D eigenvalue weighted by atomic mass is 79.9. The van der Waals surface area contributed by atoms with Crippen LogP contribution in [0.5, 0.6) is 5.75 Å². The fourth-order valence-electron chi connectivity index (χ4n) is 3.31. The zero-order chi connectivity index (χ0) is 20.8. The first-order valence-electron chi connectivity index (χ1n) is 10.1. The van der Waals surface area contributed by atoms with Gasteiger partial charge in [-0.15, -0.1) is 0 Å². The summed E-state index contributed by atoms with van der Waals surface area (Å²) in [7, 11) is 0. The second-order valence-corrected chi connectivity index (χ2v) is 8.36. The zero-order valence-corrected chi connectivity index (χ0v) is 18.5. The molecule has 0 saturated carbocycles. The van der Waals surface area contributed by atoms with Crippen molar-refractivity contribution in [3.8, 4) is 5.75 Å². The van der Waals surface area contributed by atoms with E-state index in [4.69, 9.17) is 4.74 Å². The predicted octanol–water partition coefficient (Wildman–Crippen LogP) is 4.90. The molecule has 154 valence electrons. The van der Waals surface area contributed by atoms with E-state index in [0.717, 1.165) is 36.8 Å². The van der Waals surface area contributed by atoms with Crippen molar-refractivity contribution in [2.24, 2.45) is 5.92 Å². The van der Waals surface area contributed by atoms with Crippen LogP contribution in [0, 0.1) is 5.92 Å². The maximum Gasteiger partial charge on any atom is 0.262 e. The Balaban J connectivity index is 1.51. The number of nitrogens with one attached hydrogen (secondary N) is 1. The Bertz CT molecular complexity index is 859. The Kier molecular flexibility index (Phi) is 7.31. The average molecular weight is 459 g/mol. The van der Waals surface area contributed by atoms with Gasteiger partial charge in [0.05, 0.1) is 4.47 Å². The number of rotatable bonds is 6. The molecule has 0 unspecified atom stereocenters. The molecule has 2 amide bonds. The van der Waals surface area contributed by atoms with Crippen LogP contribution in [0.15, 0.2) is 46.9 Å². The zero-order valence-electron chi connectivity index (χ0n) is 16.9. The van der Waals surface area contributed by atoms with E-state index in [1.54, 1.807) is 24.3 Å². The van der Waals surface area contributed by atoms with Crippen LogP contribution in [0.4, 0.5) is 5.69 Å². The summed E-state index contributed by atoms with van der Waals surface area (Å²) >= 11 is 3.47. The second kappa shape index (κ2) is 9.92. The molecule has 29 heavy (non-hydrogen) atoms. The molecule has 5 nitrogen and oxygen atoms in total. The van der Waals surface area contributed by atoms with Crippen molar-refractivity contribution in [3.05, 3.63) is 58.1 Å². The topological polar surface area (TPSA) is 58.6 Å². The van der Waals surface area contributed by atoms with Crippen molar-refractivity contribution < 1.29 is 14.3 Å². The molecular weight excluding hydrogens is 432 g/mol. The lowest BCUT2D eigenvalue weighted by Crippen LogP contribution is -2.37. The first kappa shape index (κ1) is 21.4. The first-order chi connectivity index (χ1) is 14.0. The van der Waals surface area contributed by atoms with Gasteiger partial charge in [0.25, 0.3) is 11.8 Å². The Morgan fingerprint density at radius 3 is 2.45 bits per heavy atom. The third-order valence-corrected chi connectivity index (χ3v) is 5.87. The number of halogens is 1. The minimum absolute atomic E-state index is 0.0542. The van der Waals surface area contributed by atoms with Crippen molar-refractivity contribution in [1.29, 1.82) is 0 Å². The smallest absolute Gasteiger partial charge is 0.262 e. The summed E-state index contributed by atoms with van der Waals surface area (Å²) < 4.78 is 6.43. The van der Waals surface area contributed by atoms with Crippen molar-refractivity contribution in [2.75, 3.05) is 25.0 Å². The molecular formula is C23H27BrN2O3. The normalized spacial score (nSPS) is 14.5. The van der Waals surface area contributed by atoms with Gasteiger partial charge in [-0.2, -0.15) is 0 Å². The van der Waals surface area contributed by atoms with Crippen LogP contribution in [-0.4, -0.2) is 36.4 Å². The molecule has 0 aromatic heterocycles. The highest BCUT2D eigenvalue weighted by Crippen LogP contribution is 2.26. The molecule has 1 fully saturated rings. The van der Waals surface area contributed by atoms with Crippen LogP contribution in [0.25, 0.3) is 0 Å². The standard InChI is InChI=1S/C23H27BrN2O3/c1-3-17-4-9-21(20(24)14-17)29-15-22(27)25-19-7-5-18(6-8-19)23(28)26-12-10-16(2)11-13-26/h4-9,14,16H,3,10-13,15H2,1-2H3,(H,25,27). The highest BCUT2D eigenvalue weighted by Gasteiger charge is 2.21. The second-order valence-electron chi connectivity index (χ2n) is 7.51. The highest BCUT2D eigenvalue weighted by molar-refractivity contribution is 9.10. The fourth-order valence-corrected chi connectivity index (χ4v) is 3.85. The van der Waals surface area contributed by atoms with Crippen LogP contribution >= 0.6 is 15.9 Å². The van der Waals surface area contributed by atoms with Gasteiger partial charge < -0.3 is 15.0 Å². The van der Waals surface area contributed by atoms with E-state index < -0.39 is 0 Å². The van der Waals surface area contributed by atoms with Gasteiger partial charge in [-0.1, -0.05) is 19.9 Å². The van der Waals surface area contributed by atoms with Gasteiger partial charge in [-0.25, -0.2) is 0 Å². The van der Waals surface area contributed by atoms with Gasteiger partial charge in [0, 0.05) is 24.3 Å². The van der Waals surface area contributed by atoms with Crippen LogP contribution in [0.3, 0.4) is 0 Å². The number of carbonyl (C=O) groups excluding carboxylic acids is 2. The lowest BCUT2D eigenvalue weighted by atomic mass is 9.98. The molecule has 0 spiro atoms. The number of amides is 2. The molecule has 3 rings (SSSR count). The average Bonchev–Trinajstić information content (AvgIpc) is 2.73. The van der Waals surface area contributed by atoms with E-state index >= 15 is 0 Å². The monoisotopic (exact) mass is 458 g/mol. The number of nitrogens with zero attached hydrogens (tertiary/aromatic N) is 1. The summed E-state index contributed by atoms with van der Waals surface area (Å²) in [5.74, 6) is 1.12. The quantitative estimate of drug-likeness (QED) is 0.669. The molecule has 1 aliphatic heterocycles. The molecule has 0 atom stereocenters. The first-order valence-corrected chi connectivity index (χ1v) is 10.9. The van der Waals surface area contributed by atoms with Crippen LogP contribution in [-0.2, 0) is 11.2 Å². The molecule has 6 heteroatoms. The van der Waals surface area contributed by atoms with Gasteiger partial charge >= 0.3 is 0 Å². The summed E-state index contributed by atoms with van der Waals surface area (Å²) in [5, 5.41) is 2.80. The van der Waals surface area contributed by atoms with Crippen molar-refractivity contribution >= 4 is 33.4 Å². The summed E-state index contributed by atoms with van der Waals surface area (Å²) in [5.41, 5.74) is 2.49. The van der Waals surface area contributed by atoms with Crippen molar-refractivity contribution in [1.82, 2.24) is 4.90 Å². The molecule has 0 aliphatic carbocycles. The maximum atomic E-state index is 12.6. The lowest BCUT2D eigenvalue weighted by Gasteiger charge is -2.30. The third kappa shape index (κ3) is 5.82. The summed E-state index contributed by atoms with van der Waals surface area (Å²) in [4.78, 5) is 26.7. The van der Waals surface area contributed by atoms with E-state index in [2.05, 4.69) is 35.1 Å². The van der Waals surface area contributed by atoms with E-state index in [-0.39, 0.29) is 18.4 Å². The predicted molar refractivity (Wildman–Crippen MR) is 118 cm³/mol. The lowest BCUT2D eigenvalue weighted by molar-refractivity contribution is -0.118. The van der Waals surface area contributed by atoms with Gasteiger partial charge in [-0.3, -0.25) is 9.59 Å². The maximum absolute atomic E-state index is 12.6. The Morgan fingerprint density at radius 1 is 1.14 bits per heavy atom. The van der Waals surface area contributed by atoms with Crippen LogP contribution < -0.4 is 10.1 Å². The number of hydrogen-bond donors (Lipinski definition) is 1. The van der Waals surface area contributed by atoms with E-state index in [1.807, 2.05) is 23.1 Å². The van der Waals surface area contributed by atoms with Gasteiger partial charge in [0.15, 0.2) is 6.61 Å². The number of benzene rings is 2. The van der Waals surface area contributed by atoms with E-state index in [0.29, 0.717) is 22.9 Å². The van der Waals surface area contributed by atoms with E-state index in [9.17, 15) is 9.59 Å². The third-order valence-electron chi connectivity index (χ3n) is 5.25. The molecule has 1 N–H and O–H groups in total. The van der Waals surface area contributed by atoms with Gasteiger partial charge in [-0.05, 0) is 83.1 Å². The number of likely N-dealkylation sites (tertiary alicyclic amines) is 1. The van der Waals surface area contributed by atoms with Crippen LogP contribution in [0.2, 0.25) is 0 Å². The van der Waals surface area contributed by atoms with Gasteiger partial charge in [0.2, 0.25) is 0 Å². The minimum Gasteiger partial charge on any atom is -0.483 e. The summed E-state index contributed by atoms with van der Waals surface area (Å²) in [6.07, 6.45) is 3.04. The van der Waals surface area contributed by atoms with Crippen molar-refractivity contribution in [3.63, 3.8) is 0 Å². The number of piperidine rings is 1. The minimum atomic E-state index is -0.249. The molecule has 0 radical (unpaired) electrons. The number of ether oxygens (including phenoxy) is 1. The summed E-state index contributed by atoms with van der Waals surface area (Å²) in [6, 6.07) is 12.9. The fraction of sp³-hybridized carbons (Fsp3) is 0.391. The molecule has 1 saturated heterocycles. The molecule has 2 aromatic carbocycles. The molecule has 1 heterocycles. The van der Waals surface area contributed by atoms with Crippen molar-refractivity contribution in [2.45, 2.75) is 33.1 Å². The number of aryl methyl sites for hydroxylation is 1. The SMILES string of the molecule is CCc1ccc(OCC(=O)Nc2ccc(C(=O)N3CCC(C)CC3)cc2)c(Br)c1. The Morgan fingerprint density at radius 2 is 1.83 bits per heavy atom. The number of anilines is 1. The van der Waals surface area contributed by atoms with Gasteiger partial charge in [0.1, 0.15) is 5.75 Å². The molecule has 1 aliphatic rings. The number of carbonyl (C=O) groups is 2. The Labute approximate surface area is 180 Å². The number of hydrogen-bond acceptors (Lipinski definition) is 3. The molecule has 0 bridgehead atoms. The van der Waals surface area contributed by atoms with Crippen LogP contribution in [0.1, 0.15) is 42.6 Å². The van der Waals surface area contributed by atoms with E-state index in [1.165, 1.54) is 5.56 Å². The largest absolute Gasteiger partial charge is 0.483 e. The molecule has 2 aromatic rings.